The lowest BCUT2D eigenvalue weighted by atomic mass is 10.1. The molecule has 2 N–H and O–H groups in total. The van der Waals surface area contributed by atoms with Gasteiger partial charge in [0.15, 0.2) is 0 Å². The molecule has 0 spiro atoms. The van der Waals surface area contributed by atoms with Crippen LogP contribution in [0.15, 0.2) is 31.0 Å². The second-order valence-electron chi connectivity index (χ2n) is 5.19. The number of nitrogens with one attached hydrogen (secondary N) is 1. The molecule has 12 heteroatoms. The van der Waals surface area contributed by atoms with Crippen LogP contribution < -0.4 is 5.32 Å². The topological polar surface area (TPSA) is 119 Å². The molecule has 2 heterocycles. The third-order valence-electron chi connectivity index (χ3n) is 3.26. The van der Waals surface area contributed by atoms with Gasteiger partial charge in [-0.1, -0.05) is 6.07 Å². The summed E-state index contributed by atoms with van der Waals surface area (Å²) in [6, 6.07) is 1.19. The number of ether oxygens (including phenoxy) is 1. The molecule has 2 rings (SSSR count). The quantitative estimate of drug-likeness (QED) is 0.790. The van der Waals surface area contributed by atoms with Crippen LogP contribution in [-0.2, 0) is 22.3 Å². The zero-order chi connectivity index (χ0) is 19.3. The Labute approximate surface area is 144 Å². The molecule has 140 valence electrons. The minimum absolute atomic E-state index is 0.251. The van der Waals surface area contributed by atoms with Crippen LogP contribution in [0.1, 0.15) is 24.2 Å². The van der Waals surface area contributed by atoms with Gasteiger partial charge in [-0.3, -0.25) is 4.98 Å². The van der Waals surface area contributed by atoms with Gasteiger partial charge in [-0.15, -0.1) is 0 Å². The minimum Gasteiger partial charge on any atom is -0.478 e. The number of halogens is 3. The van der Waals surface area contributed by atoms with Gasteiger partial charge in [-0.25, -0.2) is 19.3 Å². The second kappa shape index (κ2) is 7.80. The van der Waals surface area contributed by atoms with Crippen molar-refractivity contribution in [3.8, 4) is 0 Å². The Kier molecular flexibility index (Phi) is 5.75. The third-order valence-corrected chi connectivity index (χ3v) is 3.26. The van der Waals surface area contributed by atoms with Crippen LogP contribution in [0, 0.1) is 0 Å². The monoisotopic (exact) mass is 373 g/mol. The first-order chi connectivity index (χ1) is 12.2. The summed E-state index contributed by atoms with van der Waals surface area (Å²) in [6.07, 6.45) is -3.71. The maximum atomic E-state index is 12.5. The maximum Gasteiger partial charge on any atom is 0.433 e. The van der Waals surface area contributed by atoms with Crippen molar-refractivity contribution in [3.05, 3.63) is 42.2 Å². The van der Waals surface area contributed by atoms with Crippen LogP contribution in [0.5, 0.6) is 0 Å². The number of nitrogens with zero attached hydrogens (tertiary/aromatic N) is 4. The van der Waals surface area contributed by atoms with Crippen molar-refractivity contribution in [2.24, 2.45) is 0 Å². The van der Waals surface area contributed by atoms with Crippen LogP contribution in [0.4, 0.5) is 18.0 Å². The fourth-order valence-electron chi connectivity index (χ4n) is 1.92. The molecule has 2 atom stereocenters. The van der Waals surface area contributed by atoms with Crippen LogP contribution >= 0.6 is 0 Å². The number of aliphatic carboxylic acids is 1. The largest absolute Gasteiger partial charge is 0.478 e. The van der Waals surface area contributed by atoms with E-state index in [1.54, 1.807) is 0 Å². The molecule has 2 aromatic rings. The van der Waals surface area contributed by atoms with Crippen LogP contribution in [-0.4, -0.2) is 43.0 Å². The van der Waals surface area contributed by atoms with Gasteiger partial charge in [0.05, 0.1) is 12.6 Å². The number of alkyl halides is 3. The first kappa shape index (κ1) is 19.1. The average molecular weight is 373 g/mol. The summed E-state index contributed by atoms with van der Waals surface area (Å²) >= 11 is 0. The van der Waals surface area contributed by atoms with Crippen molar-refractivity contribution in [2.75, 3.05) is 0 Å². The molecule has 0 aliphatic heterocycles. The fourth-order valence-corrected chi connectivity index (χ4v) is 1.92. The molecule has 26 heavy (non-hydrogen) atoms. The van der Waals surface area contributed by atoms with Gasteiger partial charge in [-0.2, -0.15) is 18.3 Å². The Morgan fingerprint density at radius 1 is 1.38 bits per heavy atom. The van der Waals surface area contributed by atoms with Crippen molar-refractivity contribution in [2.45, 2.75) is 31.8 Å². The highest BCUT2D eigenvalue weighted by Crippen LogP contribution is 2.27. The van der Waals surface area contributed by atoms with E-state index in [9.17, 15) is 22.8 Å². The van der Waals surface area contributed by atoms with Gasteiger partial charge in [0, 0.05) is 6.20 Å². The molecule has 0 fully saturated rings. The summed E-state index contributed by atoms with van der Waals surface area (Å²) in [4.78, 5) is 29.9. The summed E-state index contributed by atoms with van der Waals surface area (Å²) in [5.41, 5.74) is -0.770. The molecule has 0 aliphatic carbocycles. The maximum absolute atomic E-state index is 12.5. The Bertz CT molecular complexity index is 749. The number of rotatable bonds is 6. The van der Waals surface area contributed by atoms with E-state index in [-0.39, 0.29) is 12.1 Å². The van der Waals surface area contributed by atoms with E-state index in [4.69, 9.17) is 9.84 Å². The third kappa shape index (κ3) is 5.16. The molecule has 1 amide bonds. The van der Waals surface area contributed by atoms with Crippen LogP contribution in [0.3, 0.4) is 0 Å². The van der Waals surface area contributed by atoms with E-state index in [1.165, 1.54) is 24.3 Å². The van der Waals surface area contributed by atoms with E-state index in [0.717, 1.165) is 18.3 Å². The molecular formula is C14H14F3N5O4. The van der Waals surface area contributed by atoms with Gasteiger partial charge in [-0.05, 0) is 18.6 Å². The lowest BCUT2D eigenvalue weighted by Crippen LogP contribution is -2.37. The number of aromatic nitrogens is 4. The summed E-state index contributed by atoms with van der Waals surface area (Å²) in [5, 5.41) is 15.1. The van der Waals surface area contributed by atoms with Crippen LogP contribution in [0.2, 0.25) is 0 Å². The normalized spacial score (nSPS) is 13.7. The number of hydrogen-bond acceptors (Lipinski definition) is 6. The molecule has 0 radical (unpaired) electrons. The number of amides is 1. The van der Waals surface area contributed by atoms with Gasteiger partial charge in [0.2, 0.25) is 6.10 Å². The van der Waals surface area contributed by atoms with Gasteiger partial charge in [0.25, 0.3) is 0 Å². The summed E-state index contributed by atoms with van der Waals surface area (Å²) in [6.45, 7) is 1.23. The second-order valence-corrected chi connectivity index (χ2v) is 5.19. The highest BCUT2D eigenvalue weighted by molar-refractivity contribution is 5.77. The molecule has 0 bridgehead atoms. The smallest absolute Gasteiger partial charge is 0.433 e. The van der Waals surface area contributed by atoms with E-state index in [2.05, 4.69) is 20.4 Å². The van der Waals surface area contributed by atoms with E-state index in [0.29, 0.717) is 0 Å². The average Bonchev–Trinajstić information content (AvgIpc) is 3.06. The van der Waals surface area contributed by atoms with E-state index >= 15 is 0 Å². The Morgan fingerprint density at radius 3 is 2.62 bits per heavy atom. The predicted octanol–water partition coefficient (Wildman–Crippen LogP) is 1.63. The number of carbonyl (C=O) groups excluding carboxylic acids is 1. The number of carboxylic acids is 1. The summed E-state index contributed by atoms with van der Waals surface area (Å²) < 4.78 is 43.5. The molecule has 9 nitrogen and oxygen atoms in total. The Hall–Kier alpha value is -3.18. The molecule has 2 unspecified atom stereocenters. The first-order valence-electron chi connectivity index (χ1n) is 7.22. The number of pyridine rings is 1. The molecule has 0 saturated carbocycles. The Balaban J connectivity index is 1.95. The molecule has 0 saturated heterocycles. The molecule has 0 aliphatic rings. The number of carboxylic acid groups (broad SMARTS) is 1. The van der Waals surface area contributed by atoms with Gasteiger partial charge >= 0.3 is 18.2 Å². The van der Waals surface area contributed by atoms with E-state index < -0.39 is 36.1 Å². The number of carbonyl (C=O) groups is 2. The molecular weight excluding hydrogens is 359 g/mol. The van der Waals surface area contributed by atoms with Crippen molar-refractivity contribution < 1.29 is 32.6 Å². The van der Waals surface area contributed by atoms with Crippen molar-refractivity contribution in [1.29, 1.82) is 0 Å². The summed E-state index contributed by atoms with van der Waals surface area (Å²) in [5.74, 6) is -1.39. The zero-order valence-electron chi connectivity index (χ0n) is 13.3. The van der Waals surface area contributed by atoms with Crippen molar-refractivity contribution in [3.63, 3.8) is 0 Å². The number of hydrogen-bond donors (Lipinski definition) is 2. The Morgan fingerprint density at radius 2 is 2.12 bits per heavy atom. The van der Waals surface area contributed by atoms with Gasteiger partial charge in [0.1, 0.15) is 18.3 Å². The van der Waals surface area contributed by atoms with E-state index in [1.807, 2.05) is 0 Å². The van der Waals surface area contributed by atoms with Crippen molar-refractivity contribution in [1.82, 2.24) is 25.1 Å². The lowest BCUT2D eigenvalue weighted by molar-refractivity contribution is -0.147. The molecule has 2 aromatic heterocycles. The lowest BCUT2D eigenvalue weighted by Gasteiger charge is -2.18. The highest BCUT2D eigenvalue weighted by Gasteiger charge is 2.32. The summed E-state index contributed by atoms with van der Waals surface area (Å²) in [7, 11) is 0. The first-order valence-corrected chi connectivity index (χ1v) is 7.22. The molecule has 0 aromatic carbocycles. The van der Waals surface area contributed by atoms with Crippen LogP contribution in [0.25, 0.3) is 0 Å². The zero-order valence-corrected chi connectivity index (χ0v) is 13.3. The minimum atomic E-state index is -4.57. The highest BCUT2D eigenvalue weighted by atomic mass is 19.4. The predicted molar refractivity (Wildman–Crippen MR) is 78.7 cm³/mol. The number of alkyl carbamates (subject to hydrolysis) is 1. The standard InChI is InChI=1S/C14H14F3N5O4/c1-8(9-2-3-11(19-4-9)14(15,16)17)21-13(25)26-10(12(23)24)5-22-7-18-6-20-22/h2-4,6-8,10H,5H2,1H3,(H,21,25)(H,23,24). The fraction of sp³-hybridized carbons (Fsp3) is 0.357. The van der Waals surface area contributed by atoms with Crippen molar-refractivity contribution >= 4 is 12.1 Å². The van der Waals surface area contributed by atoms with Gasteiger partial charge < -0.3 is 15.2 Å². The SMILES string of the molecule is CC(NC(=O)OC(Cn1cncn1)C(=O)O)c1ccc(C(F)(F)F)nc1.